The van der Waals surface area contributed by atoms with Crippen molar-refractivity contribution in [1.82, 2.24) is 9.97 Å². The van der Waals surface area contributed by atoms with Crippen molar-refractivity contribution in [2.24, 2.45) is 0 Å². The Balaban J connectivity index is 1.91. The van der Waals surface area contributed by atoms with Crippen LogP contribution in [0.25, 0.3) is 27.5 Å². The van der Waals surface area contributed by atoms with Crippen molar-refractivity contribution in [3.8, 4) is 5.69 Å². The number of fused-ring (bicyclic) bond motifs is 2. The third-order valence-electron chi connectivity index (χ3n) is 3.42. The van der Waals surface area contributed by atoms with Crippen molar-refractivity contribution in [3.05, 3.63) is 73.3 Å². The molecule has 3 heteroatoms. The molecule has 0 aliphatic carbocycles. The van der Waals surface area contributed by atoms with Crippen LogP contribution < -0.4 is 4.57 Å². The fraction of sp³-hybridized carbons (Fsp3) is 0. The quantitative estimate of drug-likeness (QED) is 0.491. The van der Waals surface area contributed by atoms with Crippen LogP contribution in [0.1, 0.15) is 0 Å². The van der Waals surface area contributed by atoms with E-state index >= 15 is 0 Å². The fourth-order valence-electron chi connectivity index (χ4n) is 2.39. The molecular formula is C17H12N3+. The number of benzene rings is 2. The highest BCUT2D eigenvalue weighted by molar-refractivity contribution is 5.80. The van der Waals surface area contributed by atoms with Crippen molar-refractivity contribution < 1.29 is 4.57 Å². The lowest BCUT2D eigenvalue weighted by molar-refractivity contribution is -0.597. The van der Waals surface area contributed by atoms with E-state index in [4.69, 9.17) is 0 Å². The first kappa shape index (κ1) is 11.1. The van der Waals surface area contributed by atoms with E-state index in [1.165, 1.54) is 0 Å². The van der Waals surface area contributed by atoms with Gasteiger partial charge in [0.1, 0.15) is 11.9 Å². The Morgan fingerprint density at radius 1 is 0.750 bits per heavy atom. The third kappa shape index (κ3) is 1.80. The number of hydrogen-bond donors (Lipinski definition) is 0. The average Bonchev–Trinajstić information content (AvgIpc) is 2.54. The first-order valence-corrected chi connectivity index (χ1v) is 6.51. The Kier molecular flexibility index (Phi) is 2.42. The van der Waals surface area contributed by atoms with E-state index in [0.29, 0.717) is 0 Å². The lowest BCUT2D eigenvalue weighted by atomic mass is 10.2. The van der Waals surface area contributed by atoms with Crippen LogP contribution in [0.4, 0.5) is 0 Å². The lowest BCUT2D eigenvalue weighted by Gasteiger charge is -2.01. The van der Waals surface area contributed by atoms with Gasteiger partial charge in [-0.15, -0.1) is 0 Å². The van der Waals surface area contributed by atoms with Crippen LogP contribution >= 0.6 is 0 Å². The number of nitrogens with zero attached hydrogens (tertiary/aromatic N) is 3. The molecule has 2 heterocycles. The van der Waals surface area contributed by atoms with Gasteiger partial charge in [0.25, 0.3) is 6.33 Å². The molecule has 0 amide bonds. The van der Waals surface area contributed by atoms with Crippen molar-refractivity contribution in [3.63, 3.8) is 0 Å². The first-order chi connectivity index (χ1) is 9.90. The van der Waals surface area contributed by atoms with Gasteiger partial charge in [0.05, 0.1) is 10.9 Å². The number of pyridine rings is 1. The number of para-hydroxylation sites is 1. The first-order valence-electron chi connectivity index (χ1n) is 6.51. The SMILES string of the molecule is c1cnc2ccc(-[n+]3cnc4ccccc4c3)cc2c1. The van der Waals surface area contributed by atoms with Crippen molar-refractivity contribution in [2.45, 2.75) is 0 Å². The molecule has 0 aliphatic rings. The Bertz CT molecular complexity index is 838. The summed E-state index contributed by atoms with van der Waals surface area (Å²) in [7, 11) is 0. The van der Waals surface area contributed by atoms with E-state index in [2.05, 4.69) is 40.4 Å². The summed E-state index contributed by atoms with van der Waals surface area (Å²) in [4.78, 5) is 8.83. The molecule has 0 bridgehead atoms. The molecule has 0 saturated heterocycles. The molecule has 0 radical (unpaired) electrons. The van der Waals surface area contributed by atoms with E-state index < -0.39 is 0 Å². The van der Waals surface area contributed by atoms with Gasteiger partial charge in [0, 0.05) is 11.6 Å². The van der Waals surface area contributed by atoms with Crippen LogP contribution in [-0.2, 0) is 0 Å². The molecule has 0 saturated carbocycles. The lowest BCUT2D eigenvalue weighted by Crippen LogP contribution is -2.30. The van der Waals surface area contributed by atoms with Crippen molar-refractivity contribution in [1.29, 1.82) is 0 Å². The van der Waals surface area contributed by atoms with Crippen molar-refractivity contribution in [2.75, 3.05) is 0 Å². The molecular weight excluding hydrogens is 246 g/mol. The molecule has 2 aromatic heterocycles. The van der Waals surface area contributed by atoms with Crippen LogP contribution in [-0.4, -0.2) is 9.97 Å². The zero-order chi connectivity index (χ0) is 13.4. The second kappa shape index (κ2) is 4.38. The monoisotopic (exact) mass is 258 g/mol. The minimum absolute atomic E-state index is 1.01. The molecule has 4 rings (SSSR count). The summed E-state index contributed by atoms with van der Waals surface area (Å²) in [5.74, 6) is 0. The van der Waals surface area contributed by atoms with Gasteiger partial charge in [-0.05, 0) is 41.4 Å². The van der Waals surface area contributed by atoms with Crippen LogP contribution in [0.15, 0.2) is 73.3 Å². The minimum Gasteiger partial charge on any atom is -0.256 e. The second-order valence-electron chi connectivity index (χ2n) is 4.72. The Hall–Kier alpha value is -2.81. The van der Waals surface area contributed by atoms with Gasteiger partial charge in [-0.2, -0.15) is 0 Å². The van der Waals surface area contributed by atoms with Crippen molar-refractivity contribution >= 4 is 21.8 Å². The van der Waals surface area contributed by atoms with Gasteiger partial charge in [-0.3, -0.25) is 4.98 Å². The summed E-state index contributed by atoms with van der Waals surface area (Å²) in [6, 6.07) is 18.4. The van der Waals surface area contributed by atoms with Crippen LogP contribution in [0.2, 0.25) is 0 Å². The van der Waals surface area contributed by atoms with Gasteiger partial charge in [0.2, 0.25) is 0 Å². The van der Waals surface area contributed by atoms with Gasteiger partial charge in [-0.25, -0.2) is 4.57 Å². The maximum atomic E-state index is 4.48. The zero-order valence-corrected chi connectivity index (χ0v) is 10.8. The normalized spacial score (nSPS) is 11.0. The van der Waals surface area contributed by atoms with Crippen LogP contribution in [0, 0.1) is 0 Å². The van der Waals surface area contributed by atoms with Gasteiger partial charge in [-0.1, -0.05) is 18.2 Å². The highest BCUT2D eigenvalue weighted by Gasteiger charge is 2.07. The Labute approximate surface area is 116 Å². The Morgan fingerprint density at radius 3 is 2.60 bits per heavy atom. The molecule has 0 aliphatic heterocycles. The number of rotatable bonds is 1. The molecule has 0 fully saturated rings. The molecule has 4 aromatic rings. The van der Waals surface area contributed by atoms with E-state index in [1.807, 2.05) is 47.4 Å². The molecule has 0 spiro atoms. The van der Waals surface area contributed by atoms with Crippen LogP contribution in [0.5, 0.6) is 0 Å². The largest absolute Gasteiger partial charge is 0.291 e. The fourth-order valence-corrected chi connectivity index (χ4v) is 2.39. The average molecular weight is 258 g/mol. The summed E-state index contributed by atoms with van der Waals surface area (Å²) >= 11 is 0. The third-order valence-corrected chi connectivity index (χ3v) is 3.42. The highest BCUT2D eigenvalue weighted by Crippen LogP contribution is 2.14. The van der Waals surface area contributed by atoms with E-state index in [1.54, 1.807) is 0 Å². The number of hydrogen-bond acceptors (Lipinski definition) is 2. The molecule has 2 aromatic carbocycles. The summed E-state index contributed by atoms with van der Waals surface area (Å²) in [5.41, 5.74) is 3.10. The van der Waals surface area contributed by atoms with Gasteiger partial charge >= 0.3 is 0 Å². The van der Waals surface area contributed by atoms with Gasteiger partial charge < -0.3 is 0 Å². The molecule has 0 unspecified atom stereocenters. The molecule has 0 N–H and O–H groups in total. The second-order valence-corrected chi connectivity index (χ2v) is 4.72. The minimum atomic E-state index is 1.01. The molecule has 0 atom stereocenters. The zero-order valence-electron chi connectivity index (χ0n) is 10.8. The predicted octanol–water partition coefficient (Wildman–Crippen LogP) is 3.06. The standard InChI is InChI=1S/C17H12N3/c1-2-6-16-14(4-1)11-20(12-19-16)15-7-8-17-13(10-15)5-3-9-18-17/h1-12H/q+1. The maximum Gasteiger partial charge on any atom is 0.291 e. The summed E-state index contributed by atoms with van der Waals surface area (Å²) in [6.07, 6.45) is 5.76. The molecule has 20 heavy (non-hydrogen) atoms. The smallest absolute Gasteiger partial charge is 0.256 e. The summed E-state index contributed by atoms with van der Waals surface area (Å²) < 4.78 is 2.04. The maximum absolute atomic E-state index is 4.48. The number of aromatic nitrogens is 3. The molecule has 3 nitrogen and oxygen atoms in total. The van der Waals surface area contributed by atoms with E-state index in [0.717, 1.165) is 27.5 Å². The summed E-state index contributed by atoms with van der Waals surface area (Å²) in [5, 5.41) is 2.26. The van der Waals surface area contributed by atoms with Crippen LogP contribution in [0.3, 0.4) is 0 Å². The summed E-state index contributed by atoms with van der Waals surface area (Å²) in [6.45, 7) is 0. The van der Waals surface area contributed by atoms with E-state index in [9.17, 15) is 0 Å². The predicted molar refractivity (Wildman–Crippen MR) is 78.6 cm³/mol. The van der Waals surface area contributed by atoms with Gasteiger partial charge in [0.15, 0.2) is 5.52 Å². The van der Waals surface area contributed by atoms with E-state index in [-0.39, 0.29) is 0 Å². The molecule has 94 valence electrons. The highest BCUT2D eigenvalue weighted by atomic mass is 15.0. The Morgan fingerprint density at radius 2 is 1.60 bits per heavy atom. The topological polar surface area (TPSA) is 29.7 Å².